The molecule has 0 N–H and O–H groups in total. The first-order valence-electron chi connectivity index (χ1n) is 6.45. The summed E-state index contributed by atoms with van der Waals surface area (Å²) < 4.78 is 25.8. The number of sulfonamides is 1. The predicted octanol–water partition coefficient (Wildman–Crippen LogP) is 2.06. The molecule has 1 heterocycles. The summed E-state index contributed by atoms with van der Waals surface area (Å²) in [6.45, 7) is 0.632. The molecule has 1 aromatic rings. The van der Waals surface area contributed by atoms with Gasteiger partial charge in [-0.25, -0.2) is 12.7 Å². The maximum atomic E-state index is 12.1. The van der Waals surface area contributed by atoms with E-state index < -0.39 is 10.0 Å². The van der Waals surface area contributed by atoms with Gasteiger partial charge in [-0.15, -0.1) is 0 Å². The molecule has 0 atom stereocenters. The highest BCUT2D eigenvalue weighted by atomic mass is 79.9. The summed E-state index contributed by atoms with van der Waals surface area (Å²) in [7, 11) is -1.49. The van der Waals surface area contributed by atoms with E-state index in [1.54, 1.807) is 13.2 Å². The summed E-state index contributed by atoms with van der Waals surface area (Å²) >= 11 is 3.53. The lowest BCUT2D eigenvalue weighted by molar-refractivity contribution is 0.275. The molecule has 0 aliphatic heterocycles. The van der Waals surface area contributed by atoms with Crippen LogP contribution in [0.15, 0.2) is 24.4 Å². The van der Waals surface area contributed by atoms with Crippen molar-refractivity contribution >= 4 is 26.0 Å². The largest absolute Gasteiger partial charge is 0.261 e. The molecule has 0 unspecified atom stereocenters. The number of aryl methyl sites for hydroxylation is 1. The minimum Gasteiger partial charge on any atom is -0.261 e. The van der Waals surface area contributed by atoms with E-state index in [-0.39, 0.29) is 5.75 Å². The average molecular weight is 347 g/mol. The summed E-state index contributed by atoms with van der Waals surface area (Å²) in [5.41, 5.74) is 0.823. The van der Waals surface area contributed by atoms with Crippen LogP contribution in [0.1, 0.15) is 18.5 Å². The van der Waals surface area contributed by atoms with Crippen LogP contribution in [-0.4, -0.2) is 41.9 Å². The summed E-state index contributed by atoms with van der Waals surface area (Å²) in [4.78, 5) is 4.72. The maximum absolute atomic E-state index is 12.1. The quantitative estimate of drug-likeness (QED) is 0.740. The van der Waals surface area contributed by atoms with Gasteiger partial charge in [0.2, 0.25) is 10.0 Å². The highest BCUT2D eigenvalue weighted by molar-refractivity contribution is 9.09. The molecular weight excluding hydrogens is 328 g/mol. The van der Waals surface area contributed by atoms with Crippen molar-refractivity contribution < 1.29 is 8.42 Å². The van der Waals surface area contributed by atoms with Gasteiger partial charge in [-0.05, 0) is 30.9 Å². The van der Waals surface area contributed by atoms with Crippen molar-refractivity contribution in [3.8, 4) is 0 Å². The number of rotatable bonds is 6. The Kier molecular flexibility index (Phi) is 4.97. The number of pyridine rings is 1. The van der Waals surface area contributed by atoms with Crippen molar-refractivity contribution in [3.63, 3.8) is 0 Å². The van der Waals surface area contributed by atoms with Gasteiger partial charge in [-0.3, -0.25) is 4.98 Å². The predicted molar refractivity (Wildman–Crippen MR) is 79.8 cm³/mol. The lowest BCUT2D eigenvalue weighted by Crippen LogP contribution is -2.39. The van der Waals surface area contributed by atoms with Crippen molar-refractivity contribution in [1.82, 2.24) is 9.29 Å². The summed E-state index contributed by atoms with van der Waals surface area (Å²) in [5.74, 6) is 0.629. The number of halogens is 1. The highest BCUT2D eigenvalue weighted by Crippen LogP contribution is 2.33. The van der Waals surface area contributed by atoms with Crippen molar-refractivity contribution in [2.45, 2.75) is 24.1 Å². The molecule has 0 radical (unpaired) electrons. The molecule has 4 nitrogen and oxygen atoms in total. The van der Waals surface area contributed by atoms with Gasteiger partial charge in [0.1, 0.15) is 0 Å². The van der Waals surface area contributed by atoms with E-state index >= 15 is 0 Å². The van der Waals surface area contributed by atoms with Crippen LogP contribution in [0.4, 0.5) is 0 Å². The van der Waals surface area contributed by atoms with E-state index in [0.29, 0.717) is 23.7 Å². The first-order valence-corrected chi connectivity index (χ1v) is 8.98. The summed E-state index contributed by atoms with van der Waals surface area (Å²) in [6.07, 6.45) is 4.30. The van der Waals surface area contributed by atoms with E-state index in [1.807, 2.05) is 18.2 Å². The van der Waals surface area contributed by atoms with Crippen LogP contribution in [0.5, 0.6) is 0 Å². The van der Waals surface area contributed by atoms with Crippen LogP contribution in [-0.2, 0) is 16.4 Å². The molecule has 0 aromatic carbocycles. The Labute approximate surface area is 123 Å². The van der Waals surface area contributed by atoms with E-state index in [2.05, 4.69) is 20.9 Å². The average Bonchev–Trinajstić information content (AvgIpc) is 2.36. The van der Waals surface area contributed by atoms with Crippen molar-refractivity contribution in [3.05, 3.63) is 30.1 Å². The van der Waals surface area contributed by atoms with Gasteiger partial charge in [0.05, 0.1) is 5.75 Å². The fourth-order valence-corrected chi connectivity index (χ4v) is 4.49. The maximum Gasteiger partial charge on any atom is 0.214 e. The van der Waals surface area contributed by atoms with Gasteiger partial charge >= 0.3 is 0 Å². The zero-order chi connectivity index (χ0) is 13.9. The minimum atomic E-state index is -3.17. The Morgan fingerprint density at radius 2 is 2.16 bits per heavy atom. The first kappa shape index (κ1) is 14.9. The molecule has 19 heavy (non-hydrogen) atoms. The Bertz CT molecular complexity index is 501. The van der Waals surface area contributed by atoms with Crippen molar-refractivity contribution in [2.75, 3.05) is 19.3 Å². The molecule has 0 bridgehead atoms. The van der Waals surface area contributed by atoms with Crippen molar-refractivity contribution in [1.29, 1.82) is 0 Å². The molecule has 1 aromatic heterocycles. The molecule has 1 saturated carbocycles. The van der Waals surface area contributed by atoms with Crippen LogP contribution in [0, 0.1) is 5.92 Å². The third-order valence-electron chi connectivity index (χ3n) is 3.51. The normalized spacial score (nSPS) is 23.3. The van der Waals surface area contributed by atoms with Gasteiger partial charge in [0.15, 0.2) is 0 Å². The number of nitrogens with zero attached hydrogens (tertiary/aromatic N) is 2. The Morgan fingerprint density at radius 1 is 1.42 bits per heavy atom. The molecule has 0 saturated heterocycles. The van der Waals surface area contributed by atoms with Crippen LogP contribution in [0.3, 0.4) is 0 Å². The smallest absolute Gasteiger partial charge is 0.214 e. The zero-order valence-electron chi connectivity index (χ0n) is 11.0. The SMILES string of the molecule is CN(CC1CC(Br)C1)S(=O)(=O)CCc1ccccn1. The second kappa shape index (κ2) is 6.33. The molecule has 106 valence electrons. The van der Waals surface area contributed by atoms with Gasteiger partial charge in [0, 0.05) is 36.7 Å². The Balaban J connectivity index is 1.84. The van der Waals surface area contributed by atoms with Crippen LogP contribution < -0.4 is 0 Å². The molecule has 1 fully saturated rings. The highest BCUT2D eigenvalue weighted by Gasteiger charge is 2.30. The molecule has 2 rings (SSSR count). The van der Waals surface area contributed by atoms with Gasteiger partial charge in [-0.2, -0.15) is 0 Å². The zero-order valence-corrected chi connectivity index (χ0v) is 13.4. The summed E-state index contributed by atoms with van der Waals surface area (Å²) in [6, 6.07) is 5.57. The topological polar surface area (TPSA) is 50.3 Å². The minimum absolute atomic E-state index is 0.130. The molecule has 1 aliphatic carbocycles. The fourth-order valence-electron chi connectivity index (χ4n) is 2.22. The van der Waals surface area contributed by atoms with Gasteiger partial charge in [0.25, 0.3) is 0 Å². The van der Waals surface area contributed by atoms with E-state index in [4.69, 9.17) is 0 Å². The van der Waals surface area contributed by atoms with E-state index in [1.165, 1.54) is 4.31 Å². The molecule has 0 spiro atoms. The molecule has 0 amide bonds. The van der Waals surface area contributed by atoms with Crippen LogP contribution >= 0.6 is 15.9 Å². The number of hydrogen-bond acceptors (Lipinski definition) is 3. The lowest BCUT2D eigenvalue weighted by Gasteiger charge is -2.34. The Hall–Kier alpha value is -0.460. The molecule has 6 heteroatoms. The first-order chi connectivity index (χ1) is 8.97. The molecular formula is C13H19BrN2O2S. The third kappa shape index (κ3) is 4.26. The second-order valence-corrected chi connectivity index (χ2v) is 8.59. The van der Waals surface area contributed by atoms with Gasteiger partial charge in [-0.1, -0.05) is 22.0 Å². The monoisotopic (exact) mass is 346 g/mol. The standard InChI is InChI=1S/C13H19BrN2O2S/c1-16(10-11-8-12(14)9-11)19(17,18)7-5-13-4-2-3-6-15-13/h2-4,6,11-12H,5,7-10H2,1H3. The van der Waals surface area contributed by atoms with Gasteiger partial charge < -0.3 is 0 Å². The molecule has 1 aliphatic rings. The number of alkyl halides is 1. The Morgan fingerprint density at radius 3 is 2.74 bits per heavy atom. The van der Waals surface area contributed by atoms with Crippen LogP contribution in [0.25, 0.3) is 0 Å². The van der Waals surface area contributed by atoms with E-state index in [9.17, 15) is 8.42 Å². The lowest BCUT2D eigenvalue weighted by atomic mass is 9.85. The fraction of sp³-hybridized carbons (Fsp3) is 0.615. The third-order valence-corrected chi connectivity index (χ3v) is 6.08. The number of aromatic nitrogens is 1. The summed E-state index contributed by atoms with van der Waals surface area (Å²) in [5, 5.41) is 0. The second-order valence-electron chi connectivity index (χ2n) is 5.10. The van der Waals surface area contributed by atoms with Crippen LogP contribution in [0.2, 0.25) is 0 Å². The number of hydrogen-bond donors (Lipinski definition) is 0. The van der Waals surface area contributed by atoms with E-state index in [0.717, 1.165) is 18.5 Å². The van der Waals surface area contributed by atoms with Crippen molar-refractivity contribution in [2.24, 2.45) is 5.92 Å².